The quantitative estimate of drug-likeness (QED) is 0.0436. The van der Waals surface area contributed by atoms with Crippen molar-refractivity contribution >= 4 is 9.84 Å². The Morgan fingerprint density at radius 3 is 1.34 bits per heavy atom. The molecule has 0 aliphatic heterocycles. The summed E-state index contributed by atoms with van der Waals surface area (Å²) >= 11 is 0. The highest BCUT2D eigenvalue weighted by molar-refractivity contribution is 7.93. The second-order valence-corrected chi connectivity index (χ2v) is 16.3. The van der Waals surface area contributed by atoms with E-state index in [0.29, 0.717) is 17.7 Å². The predicted octanol–water partition coefficient (Wildman–Crippen LogP) is 14.5. The number of nitrogens with zero attached hydrogens (tertiary/aromatic N) is 1. The zero-order chi connectivity index (χ0) is 34.3. The van der Waals surface area contributed by atoms with Gasteiger partial charge in [-0.2, -0.15) is 0 Å². The number of rotatable bonds is 32. The first kappa shape index (κ1) is 43.2. The first-order valence-corrected chi connectivity index (χ1v) is 21.4. The maximum absolute atomic E-state index is 13.9. The smallest absolute Gasteiger partial charge is 0.293 e. The van der Waals surface area contributed by atoms with Gasteiger partial charge in [0.05, 0.1) is 4.90 Å². The summed E-state index contributed by atoms with van der Waals surface area (Å²) in [5, 5.41) is 0. The monoisotopic (exact) mass is 668 g/mol. The Morgan fingerprint density at radius 2 is 0.915 bits per heavy atom. The van der Waals surface area contributed by atoms with Gasteiger partial charge in [0.1, 0.15) is 0 Å². The predicted molar refractivity (Wildman–Crippen MR) is 207 cm³/mol. The first-order chi connectivity index (χ1) is 22.9. The van der Waals surface area contributed by atoms with E-state index in [4.69, 9.17) is 6.57 Å². The molecule has 0 radical (unpaired) electrons. The summed E-state index contributed by atoms with van der Waals surface area (Å²) < 4.78 is 27.9. The molecule has 0 heterocycles. The fraction of sp³-hybridized carbons (Fsp3) is 0.744. The molecule has 47 heavy (non-hydrogen) atoms. The third-order valence-electron chi connectivity index (χ3n) is 9.72. The van der Waals surface area contributed by atoms with Crippen LogP contribution in [0.15, 0.2) is 53.5 Å². The molecule has 0 saturated carbocycles. The van der Waals surface area contributed by atoms with Gasteiger partial charge in [-0.1, -0.05) is 178 Å². The van der Waals surface area contributed by atoms with Crippen LogP contribution in [0.4, 0.5) is 0 Å². The number of sulfone groups is 1. The third kappa shape index (κ3) is 20.3. The minimum Gasteiger partial charge on any atom is -0.293 e. The van der Waals surface area contributed by atoms with Crippen LogP contribution < -0.4 is 0 Å². The van der Waals surface area contributed by atoms with Crippen molar-refractivity contribution in [1.29, 1.82) is 0 Å². The van der Waals surface area contributed by atoms with Crippen molar-refractivity contribution < 1.29 is 8.42 Å². The van der Waals surface area contributed by atoms with Crippen LogP contribution in [0, 0.1) is 13.5 Å². The maximum Gasteiger partial charge on any atom is 0.333 e. The third-order valence-corrected chi connectivity index (χ3v) is 12.1. The first-order valence-electron chi connectivity index (χ1n) is 19.9. The lowest BCUT2D eigenvalue weighted by atomic mass is 9.99. The Hall–Kier alpha value is -1.86. The summed E-state index contributed by atoms with van der Waals surface area (Å²) in [6.45, 7) is 14.6. The molecule has 0 bridgehead atoms. The minimum absolute atomic E-state index is 0.310. The molecule has 1 unspecified atom stereocenters. The highest BCUT2D eigenvalue weighted by atomic mass is 32.2. The Bertz CT molecular complexity index is 1070. The van der Waals surface area contributed by atoms with E-state index in [-0.39, 0.29) is 0 Å². The van der Waals surface area contributed by atoms with E-state index >= 15 is 0 Å². The Morgan fingerprint density at radius 1 is 0.553 bits per heavy atom. The van der Waals surface area contributed by atoms with Crippen LogP contribution in [0.5, 0.6) is 0 Å². The van der Waals surface area contributed by atoms with E-state index in [1.54, 1.807) is 12.1 Å². The fourth-order valence-corrected chi connectivity index (χ4v) is 8.37. The van der Waals surface area contributed by atoms with Crippen LogP contribution in [-0.2, 0) is 9.84 Å². The van der Waals surface area contributed by atoms with Crippen LogP contribution in [0.25, 0.3) is 4.85 Å². The number of aryl methyl sites for hydroxylation is 1. The largest absolute Gasteiger partial charge is 0.333 e. The zero-order valence-corrected chi connectivity index (χ0v) is 31.9. The Kier molecular flexibility index (Phi) is 26.7. The van der Waals surface area contributed by atoms with Gasteiger partial charge >= 0.3 is 4.87 Å². The van der Waals surface area contributed by atoms with Crippen molar-refractivity contribution in [3.63, 3.8) is 0 Å². The number of unbranched alkanes of at least 4 members (excludes halogenated alkanes) is 22. The van der Waals surface area contributed by atoms with Crippen molar-refractivity contribution in [3.8, 4) is 0 Å². The number of hydrogen-bond donors (Lipinski definition) is 0. The van der Waals surface area contributed by atoms with Crippen molar-refractivity contribution in [2.75, 3.05) is 0 Å². The van der Waals surface area contributed by atoms with Crippen molar-refractivity contribution in [2.45, 2.75) is 210 Å². The number of allylic oxidation sites excluding steroid dienone is 4. The average molecular weight is 668 g/mol. The molecular formula is C43H73NO2S. The van der Waals surface area contributed by atoms with Crippen molar-refractivity contribution in [2.24, 2.45) is 0 Å². The van der Waals surface area contributed by atoms with E-state index in [9.17, 15) is 8.42 Å². The molecule has 0 aromatic heterocycles. The van der Waals surface area contributed by atoms with E-state index in [1.165, 1.54) is 116 Å². The second-order valence-electron chi connectivity index (χ2n) is 14.1. The number of hydrogen-bond acceptors (Lipinski definition) is 2. The van der Waals surface area contributed by atoms with E-state index < -0.39 is 14.7 Å². The van der Waals surface area contributed by atoms with Gasteiger partial charge in [0.25, 0.3) is 9.84 Å². The molecule has 1 aromatic carbocycles. The molecule has 0 aliphatic carbocycles. The van der Waals surface area contributed by atoms with Gasteiger partial charge in [-0.15, -0.1) is 0 Å². The lowest BCUT2D eigenvalue weighted by Gasteiger charge is -2.23. The topological polar surface area (TPSA) is 38.5 Å². The lowest BCUT2D eigenvalue weighted by molar-refractivity contribution is 0.457. The van der Waals surface area contributed by atoms with Gasteiger partial charge in [0.15, 0.2) is 0 Å². The maximum atomic E-state index is 13.9. The molecule has 3 nitrogen and oxygen atoms in total. The SMILES string of the molecule is [C-]#[N+]C(CCCCCCCC/C=C\C/C=C\CCCCC)(CCCCCCCCCCCCCCCC)S(=O)(=O)c1ccc(C)cc1. The number of benzene rings is 1. The fourth-order valence-electron chi connectivity index (χ4n) is 6.49. The summed E-state index contributed by atoms with van der Waals surface area (Å²) in [6, 6.07) is 7.12. The molecular weight excluding hydrogens is 595 g/mol. The molecule has 1 rings (SSSR count). The highest BCUT2D eigenvalue weighted by Gasteiger charge is 2.50. The molecule has 0 saturated heterocycles. The Balaban J connectivity index is 2.41. The molecule has 0 amide bonds. The van der Waals surface area contributed by atoms with Crippen LogP contribution >= 0.6 is 0 Å². The summed E-state index contributed by atoms with van der Waals surface area (Å²) in [4.78, 5) is 2.92. The molecule has 0 aliphatic rings. The summed E-state index contributed by atoms with van der Waals surface area (Å²) in [7, 11) is -3.73. The molecule has 0 fully saturated rings. The average Bonchev–Trinajstić information content (AvgIpc) is 3.07. The molecule has 0 spiro atoms. The van der Waals surface area contributed by atoms with Crippen LogP contribution in [-0.4, -0.2) is 13.3 Å². The van der Waals surface area contributed by atoms with Crippen molar-refractivity contribution in [3.05, 3.63) is 65.6 Å². The van der Waals surface area contributed by atoms with Crippen LogP contribution in [0.2, 0.25) is 0 Å². The summed E-state index contributed by atoms with van der Waals surface area (Å²) in [6.07, 6.45) is 41.7. The van der Waals surface area contributed by atoms with Gasteiger partial charge < -0.3 is 0 Å². The molecule has 4 heteroatoms. The summed E-state index contributed by atoms with van der Waals surface area (Å²) in [5.74, 6) is 0. The van der Waals surface area contributed by atoms with Gasteiger partial charge in [-0.3, -0.25) is 4.85 Å². The highest BCUT2D eigenvalue weighted by Crippen LogP contribution is 2.37. The second kappa shape index (κ2) is 29.1. The molecule has 0 N–H and O–H groups in total. The molecule has 1 aromatic rings. The normalized spacial score (nSPS) is 13.4. The van der Waals surface area contributed by atoms with E-state index in [1.807, 2.05) is 19.1 Å². The lowest BCUT2D eigenvalue weighted by Crippen LogP contribution is -2.35. The summed E-state index contributed by atoms with van der Waals surface area (Å²) in [5.41, 5.74) is 1.04. The van der Waals surface area contributed by atoms with Crippen LogP contribution in [0.3, 0.4) is 0 Å². The zero-order valence-electron chi connectivity index (χ0n) is 31.1. The van der Waals surface area contributed by atoms with E-state index in [0.717, 1.165) is 56.9 Å². The standard InChI is InChI=1S/C43H73NO2S/c1-5-7-9-11-13-15-17-19-21-22-24-26-28-30-32-34-40-43(44-4,47(45,46)42-37-35-41(3)36-38-42)39-33-31-29-27-25-23-20-18-16-14-12-10-8-6-2/h13,15,19,21,35-38H,5-12,14,16-18,20,22-34,39-40H2,1-3H3/b15-13-,21-19-. The van der Waals surface area contributed by atoms with Gasteiger partial charge in [-0.05, 0) is 64.0 Å². The van der Waals surface area contributed by atoms with Gasteiger partial charge in [0, 0.05) is 12.8 Å². The van der Waals surface area contributed by atoms with Gasteiger partial charge in [0.2, 0.25) is 0 Å². The van der Waals surface area contributed by atoms with Gasteiger partial charge in [-0.25, -0.2) is 15.0 Å². The van der Waals surface area contributed by atoms with Crippen LogP contribution in [0.1, 0.15) is 199 Å². The molecule has 268 valence electrons. The molecule has 1 atom stereocenters. The Labute approximate surface area is 293 Å². The van der Waals surface area contributed by atoms with Crippen molar-refractivity contribution in [1.82, 2.24) is 0 Å². The minimum atomic E-state index is -3.73. The van der Waals surface area contributed by atoms with E-state index in [2.05, 4.69) is 43.0 Å².